The topological polar surface area (TPSA) is 3.24 Å². The van der Waals surface area contributed by atoms with Crippen molar-refractivity contribution < 1.29 is 48.1 Å². The SMILES string of the molecule is C[Si](C)=[Zr+2].Cc1cccc2cc(N(C)C)[cH-]c12.[Cl-].[Cl-].c1cc[cH-]c1. The molecule has 0 aromatic heterocycles. The van der Waals surface area contributed by atoms with Crippen molar-refractivity contribution in [2.75, 3.05) is 19.0 Å². The van der Waals surface area contributed by atoms with Gasteiger partial charge in [0.2, 0.25) is 0 Å². The van der Waals surface area contributed by atoms with Crippen LogP contribution in [0.5, 0.6) is 0 Å². The van der Waals surface area contributed by atoms with Gasteiger partial charge >= 0.3 is 41.9 Å². The van der Waals surface area contributed by atoms with Crippen LogP contribution in [-0.2, 0) is 23.3 Å². The molecule has 0 aliphatic heterocycles. The minimum Gasteiger partial charge on any atom is -1.00 e. The summed E-state index contributed by atoms with van der Waals surface area (Å²) >= 11 is 1.74. The Kier molecular flexibility index (Phi) is 15.0. The molecule has 0 heterocycles. The first kappa shape index (κ1) is 25.9. The fourth-order valence-corrected chi connectivity index (χ4v) is 1.95. The van der Waals surface area contributed by atoms with Gasteiger partial charge in [-0.25, -0.2) is 12.1 Å². The van der Waals surface area contributed by atoms with Gasteiger partial charge in [-0.05, 0) is 0 Å². The van der Waals surface area contributed by atoms with Crippen LogP contribution < -0.4 is 29.7 Å². The van der Waals surface area contributed by atoms with Crippen LogP contribution in [0.1, 0.15) is 5.56 Å². The standard InChI is InChI=1S/C12H14N.C5H5.C2H6Si.2ClH.Zr/c1-9-5-4-6-10-7-11(13(2)3)8-12(9)10;1-2-4-5-3-1;1-3-2;;;/h4-8H,1-3H3;1-5H;1-2H3;2*1H;/q2*-1;;;;+2/p-2. The van der Waals surface area contributed by atoms with E-state index in [0.29, 0.717) is 0 Å². The zero-order chi connectivity index (χ0) is 16.5. The molecule has 0 fully saturated rings. The minimum atomic E-state index is 0. The summed E-state index contributed by atoms with van der Waals surface area (Å²) in [6.07, 6.45) is 0. The van der Waals surface area contributed by atoms with Gasteiger partial charge < -0.3 is 29.7 Å². The van der Waals surface area contributed by atoms with Crippen molar-refractivity contribution in [3.63, 3.8) is 0 Å². The Balaban J connectivity index is 0. The molecule has 130 valence electrons. The van der Waals surface area contributed by atoms with Crippen molar-refractivity contribution in [3.8, 4) is 0 Å². The maximum atomic E-state index is 2.31. The molecule has 0 aliphatic carbocycles. The van der Waals surface area contributed by atoms with E-state index in [2.05, 4.69) is 69.3 Å². The molecule has 0 amide bonds. The molecule has 0 spiro atoms. The van der Waals surface area contributed by atoms with Crippen molar-refractivity contribution in [2.24, 2.45) is 0 Å². The first-order valence-corrected chi connectivity index (χ1v) is 13.6. The van der Waals surface area contributed by atoms with E-state index in [4.69, 9.17) is 0 Å². The molecule has 3 aromatic rings. The number of aryl methyl sites for hydroxylation is 1. The quantitative estimate of drug-likeness (QED) is 0.339. The predicted molar refractivity (Wildman–Crippen MR) is 98.1 cm³/mol. The Morgan fingerprint density at radius 2 is 1.54 bits per heavy atom. The first-order chi connectivity index (χ1) is 10.4. The van der Waals surface area contributed by atoms with Gasteiger partial charge in [-0.1, -0.05) is 18.7 Å². The van der Waals surface area contributed by atoms with Gasteiger partial charge in [0.1, 0.15) is 0 Å². The van der Waals surface area contributed by atoms with Crippen molar-refractivity contribution in [3.05, 3.63) is 66.2 Å². The Bertz CT molecular complexity index is 669. The summed E-state index contributed by atoms with van der Waals surface area (Å²) in [4.78, 5) is 2.14. The number of hydrogen-bond acceptors (Lipinski definition) is 1. The second kappa shape index (κ2) is 13.9. The van der Waals surface area contributed by atoms with Crippen LogP contribution in [0.3, 0.4) is 0 Å². The molecule has 0 saturated carbocycles. The maximum Gasteiger partial charge on any atom is 0.00450 e. The fourth-order valence-electron chi connectivity index (χ4n) is 1.95. The molecule has 0 N–H and O–H groups in total. The molecule has 0 aliphatic rings. The summed E-state index contributed by atoms with van der Waals surface area (Å²) in [7, 11) is 4.15. The van der Waals surface area contributed by atoms with Crippen LogP contribution in [0.25, 0.3) is 10.8 Å². The minimum absolute atomic E-state index is 0. The van der Waals surface area contributed by atoms with E-state index in [-0.39, 0.29) is 30.2 Å². The predicted octanol–water partition coefficient (Wildman–Crippen LogP) is -0.869. The van der Waals surface area contributed by atoms with E-state index in [0.717, 1.165) is 0 Å². The molecule has 0 saturated heterocycles. The molecule has 3 rings (SSSR count). The molecule has 0 radical (unpaired) electrons. The molecule has 5 heteroatoms. The number of anilines is 1. The smallest absolute Gasteiger partial charge is 0.00450 e. The largest absolute Gasteiger partial charge is 1.00 e. The molecular weight excluding hydrogens is 432 g/mol. The summed E-state index contributed by atoms with van der Waals surface area (Å²) in [6, 6.07) is 20.9. The van der Waals surface area contributed by atoms with Crippen LogP contribution >= 0.6 is 0 Å². The molecular formula is C19H25Cl2NSiZr-2. The van der Waals surface area contributed by atoms with E-state index >= 15 is 0 Å². The average Bonchev–Trinajstić information content (AvgIpc) is 3.11. The second-order valence-corrected chi connectivity index (χ2v) is 15.0. The average molecular weight is 458 g/mol. The van der Waals surface area contributed by atoms with E-state index in [1.54, 1.807) is 23.3 Å². The molecule has 0 atom stereocenters. The van der Waals surface area contributed by atoms with Gasteiger partial charge in [-0.3, -0.25) is 0 Å². The van der Waals surface area contributed by atoms with E-state index in [9.17, 15) is 0 Å². The van der Waals surface area contributed by atoms with Crippen LogP contribution in [0, 0.1) is 6.92 Å². The third kappa shape index (κ3) is 9.84. The summed E-state index contributed by atoms with van der Waals surface area (Å²) in [6.45, 7) is 6.77. The number of halogens is 2. The van der Waals surface area contributed by atoms with Gasteiger partial charge in [0.15, 0.2) is 0 Å². The number of hydrogen-bond donors (Lipinski definition) is 0. The van der Waals surface area contributed by atoms with Gasteiger partial charge in [-0.2, -0.15) is 18.2 Å². The van der Waals surface area contributed by atoms with Crippen molar-refractivity contribution >= 4 is 21.9 Å². The van der Waals surface area contributed by atoms with Gasteiger partial charge in [-0.15, -0.1) is 40.6 Å². The van der Waals surface area contributed by atoms with Crippen LogP contribution in [-0.4, -0.2) is 19.5 Å². The van der Waals surface area contributed by atoms with Gasteiger partial charge in [0.05, 0.1) is 0 Å². The molecule has 1 nitrogen and oxygen atoms in total. The van der Waals surface area contributed by atoms with E-state index in [1.807, 2.05) is 30.3 Å². The maximum absolute atomic E-state index is 2.31. The van der Waals surface area contributed by atoms with Crippen LogP contribution in [0.15, 0.2) is 60.7 Å². The van der Waals surface area contributed by atoms with Gasteiger partial charge in [0.25, 0.3) is 0 Å². The Morgan fingerprint density at radius 1 is 1.00 bits per heavy atom. The van der Waals surface area contributed by atoms with Crippen LogP contribution in [0.2, 0.25) is 13.1 Å². The number of rotatable bonds is 1. The zero-order valence-electron chi connectivity index (χ0n) is 15.0. The van der Waals surface area contributed by atoms with Crippen LogP contribution in [0.4, 0.5) is 5.69 Å². The van der Waals surface area contributed by atoms with Gasteiger partial charge in [0, 0.05) is 14.1 Å². The Hall–Kier alpha value is -0.340. The molecule has 3 aromatic carbocycles. The third-order valence-electron chi connectivity index (χ3n) is 3.03. The Labute approximate surface area is 174 Å². The fraction of sp³-hybridized carbons (Fsp3) is 0.263. The van der Waals surface area contributed by atoms with Crippen molar-refractivity contribution in [1.82, 2.24) is 0 Å². The summed E-state index contributed by atoms with van der Waals surface area (Å²) in [5.74, 6) is 0. The summed E-state index contributed by atoms with van der Waals surface area (Å²) < 4.78 is 0. The number of benzene rings is 1. The zero-order valence-corrected chi connectivity index (χ0v) is 19.9. The first-order valence-electron chi connectivity index (χ1n) is 7.43. The monoisotopic (exact) mass is 455 g/mol. The normalized spacial score (nSPS) is 8.62. The summed E-state index contributed by atoms with van der Waals surface area (Å²) in [5, 5.41) is 2.70. The summed E-state index contributed by atoms with van der Waals surface area (Å²) in [5.41, 5.74) is 2.84. The van der Waals surface area contributed by atoms with E-state index in [1.165, 1.54) is 22.0 Å². The van der Waals surface area contributed by atoms with E-state index < -0.39 is 0 Å². The molecule has 24 heavy (non-hydrogen) atoms. The molecule has 0 unspecified atom stereocenters. The number of fused-ring (bicyclic) bond motifs is 1. The second-order valence-electron chi connectivity index (χ2n) is 5.65. The van der Waals surface area contributed by atoms with Crippen molar-refractivity contribution in [2.45, 2.75) is 20.0 Å². The third-order valence-corrected chi connectivity index (χ3v) is 3.03. The Morgan fingerprint density at radius 3 is 1.92 bits per heavy atom. The van der Waals surface area contributed by atoms with Crippen molar-refractivity contribution in [1.29, 1.82) is 0 Å². The number of nitrogens with zero attached hydrogens (tertiary/aromatic N) is 1. The molecule has 0 bridgehead atoms.